The van der Waals surface area contributed by atoms with Crippen LogP contribution < -0.4 is 5.32 Å². The van der Waals surface area contributed by atoms with Crippen LogP contribution in [0.2, 0.25) is 0 Å². The zero-order valence-corrected chi connectivity index (χ0v) is 16.6. The fraction of sp³-hybridized carbons (Fsp3) is 0.375. The maximum atomic E-state index is 12.5. The van der Waals surface area contributed by atoms with Gasteiger partial charge in [0.05, 0.1) is 0 Å². The highest BCUT2D eigenvalue weighted by molar-refractivity contribution is 5.84. The monoisotopic (exact) mass is 375 g/mol. The second kappa shape index (κ2) is 8.61. The minimum Gasteiger partial charge on any atom is -0.353 e. The van der Waals surface area contributed by atoms with Crippen LogP contribution in [-0.2, 0) is 17.9 Å². The molecular formula is C24H29N3O. The fourth-order valence-corrected chi connectivity index (χ4v) is 4.21. The van der Waals surface area contributed by atoms with Gasteiger partial charge >= 0.3 is 0 Å². The summed E-state index contributed by atoms with van der Waals surface area (Å²) in [4.78, 5) is 14.9. The number of aromatic nitrogens is 1. The van der Waals surface area contributed by atoms with Gasteiger partial charge in [-0.1, -0.05) is 48.5 Å². The molecule has 146 valence electrons. The summed E-state index contributed by atoms with van der Waals surface area (Å²) in [7, 11) is 0. The number of hydrogen-bond acceptors (Lipinski definition) is 2. The van der Waals surface area contributed by atoms with Crippen LogP contribution in [-0.4, -0.2) is 34.5 Å². The molecule has 1 aliphatic rings. The first kappa shape index (κ1) is 18.8. The molecule has 28 heavy (non-hydrogen) atoms. The van der Waals surface area contributed by atoms with E-state index in [1.807, 2.05) is 0 Å². The molecular weight excluding hydrogens is 346 g/mol. The molecule has 0 spiro atoms. The first-order chi connectivity index (χ1) is 13.7. The average molecular weight is 376 g/mol. The number of para-hydroxylation sites is 1. The van der Waals surface area contributed by atoms with Gasteiger partial charge in [0.1, 0.15) is 0 Å². The third kappa shape index (κ3) is 4.45. The molecule has 4 heteroatoms. The highest BCUT2D eigenvalue weighted by Crippen LogP contribution is 2.20. The van der Waals surface area contributed by atoms with E-state index in [9.17, 15) is 4.79 Å². The fourth-order valence-electron chi connectivity index (χ4n) is 4.21. The van der Waals surface area contributed by atoms with Gasteiger partial charge in [-0.3, -0.25) is 9.69 Å². The number of nitrogens with one attached hydrogen (secondary N) is 1. The lowest BCUT2D eigenvalue weighted by molar-refractivity contribution is -0.122. The van der Waals surface area contributed by atoms with E-state index in [4.69, 9.17) is 0 Å². The van der Waals surface area contributed by atoms with Crippen molar-refractivity contribution in [3.05, 3.63) is 71.9 Å². The van der Waals surface area contributed by atoms with Crippen molar-refractivity contribution in [1.82, 2.24) is 14.8 Å². The number of piperidine rings is 1. The number of aryl methyl sites for hydroxylation is 2. The Morgan fingerprint density at radius 2 is 1.75 bits per heavy atom. The van der Waals surface area contributed by atoms with Crippen LogP contribution in [0.3, 0.4) is 0 Å². The number of likely N-dealkylation sites (tertiary alicyclic amines) is 1. The molecule has 3 aromatic rings. The van der Waals surface area contributed by atoms with Gasteiger partial charge < -0.3 is 9.88 Å². The minimum atomic E-state index is 0.164. The number of nitrogens with zero attached hydrogens (tertiary/aromatic N) is 2. The number of hydrogen-bond donors (Lipinski definition) is 1. The topological polar surface area (TPSA) is 37.3 Å². The first-order valence-corrected chi connectivity index (χ1v) is 10.3. The zero-order valence-electron chi connectivity index (χ0n) is 16.6. The van der Waals surface area contributed by atoms with Crippen LogP contribution in [0.5, 0.6) is 0 Å². The molecule has 1 N–H and O–H groups in total. The number of rotatable bonds is 6. The summed E-state index contributed by atoms with van der Waals surface area (Å²) in [5.41, 5.74) is 3.84. The first-order valence-electron chi connectivity index (χ1n) is 10.3. The molecule has 2 heterocycles. The molecule has 0 unspecified atom stereocenters. The predicted octanol–water partition coefficient (Wildman–Crippen LogP) is 4.12. The Bertz CT molecular complexity index is 923. The highest BCUT2D eigenvalue weighted by atomic mass is 16.1. The zero-order chi connectivity index (χ0) is 19.3. The van der Waals surface area contributed by atoms with Gasteiger partial charge in [-0.05, 0) is 37.0 Å². The number of carbonyl (C=O) groups is 1. The Hall–Kier alpha value is -2.59. The van der Waals surface area contributed by atoms with Crippen molar-refractivity contribution in [3.8, 4) is 0 Å². The van der Waals surface area contributed by atoms with Crippen LogP contribution in [0.15, 0.2) is 60.8 Å². The number of amides is 1. The maximum absolute atomic E-state index is 12.5. The second-order valence-electron chi connectivity index (χ2n) is 7.88. The quantitative estimate of drug-likeness (QED) is 0.704. The van der Waals surface area contributed by atoms with Crippen molar-refractivity contribution in [2.24, 2.45) is 0 Å². The van der Waals surface area contributed by atoms with E-state index in [1.54, 1.807) is 0 Å². The van der Waals surface area contributed by atoms with E-state index in [0.717, 1.165) is 39.0 Å². The van der Waals surface area contributed by atoms with Crippen molar-refractivity contribution in [2.75, 3.05) is 13.1 Å². The lowest BCUT2D eigenvalue weighted by Crippen LogP contribution is -2.44. The molecule has 0 atom stereocenters. The molecule has 0 aliphatic carbocycles. The molecule has 1 aliphatic heterocycles. The Morgan fingerprint density at radius 1 is 1.04 bits per heavy atom. The molecule has 4 rings (SSSR count). The van der Waals surface area contributed by atoms with Gasteiger partial charge in [-0.15, -0.1) is 0 Å². The molecule has 0 saturated carbocycles. The van der Waals surface area contributed by atoms with Crippen molar-refractivity contribution in [1.29, 1.82) is 0 Å². The summed E-state index contributed by atoms with van der Waals surface area (Å²) in [6.07, 6.45) is 4.75. The van der Waals surface area contributed by atoms with E-state index in [1.165, 1.54) is 22.0 Å². The molecule has 1 amide bonds. The summed E-state index contributed by atoms with van der Waals surface area (Å²) in [5.74, 6) is 0.164. The van der Waals surface area contributed by atoms with Gasteiger partial charge in [-0.2, -0.15) is 0 Å². The van der Waals surface area contributed by atoms with Gasteiger partial charge in [0.2, 0.25) is 5.91 Å². The largest absolute Gasteiger partial charge is 0.353 e. The van der Waals surface area contributed by atoms with Crippen LogP contribution in [0.4, 0.5) is 0 Å². The maximum Gasteiger partial charge on any atom is 0.222 e. The minimum absolute atomic E-state index is 0.164. The lowest BCUT2D eigenvalue weighted by Gasteiger charge is -2.32. The van der Waals surface area contributed by atoms with Gasteiger partial charge in [0.25, 0.3) is 0 Å². The Morgan fingerprint density at radius 3 is 2.54 bits per heavy atom. The van der Waals surface area contributed by atoms with Crippen LogP contribution in [0.1, 0.15) is 30.4 Å². The van der Waals surface area contributed by atoms with E-state index < -0.39 is 0 Å². The molecule has 0 bridgehead atoms. The molecule has 1 saturated heterocycles. The van der Waals surface area contributed by atoms with Crippen LogP contribution in [0, 0.1) is 6.92 Å². The highest BCUT2D eigenvalue weighted by Gasteiger charge is 2.20. The van der Waals surface area contributed by atoms with E-state index >= 15 is 0 Å². The normalized spacial score (nSPS) is 15.8. The standard InChI is InChI=1S/C24H29N3O/c1-19-17-27(23-10-6-5-9-22(19)23)16-13-24(28)25-21-11-14-26(15-12-21)18-20-7-3-2-4-8-20/h2-10,17,21H,11-16,18H2,1H3,(H,25,28). The summed E-state index contributed by atoms with van der Waals surface area (Å²) >= 11 is 0. The average Bonchev–Trinajstić information content (AvgIpc) is 3.05. The molecule has 1 fully saturated rings. The second-order valence-corrected chi connectivity index (χ2v) is 7.88. The summed E-state index contributed by atoms with van der Waals surface area (Å²) < 4.78 is 2.20. The van der Waals surface area contributed by atoms with Crippen molar-refractivity contribution in [2.45, 2.75) is 45.3 Å². The summed E-state index contributed by atoms with van der Waals surface area (Å²) in [6, 6.07) is 19.3. The Labute approximate surface area is 167 Å². The molecule has 2 aromatic carbocycles. The van der Waals surface area contributed by atoms with E-state index in [0.29, 0.717) is 12.5 Å². The molecule has 1 aromatic heterocycles. The van der Waals surface area contributed by atoms with Crippen LogP contribution >= 0.6 is 0 Å². The SMILES string of the molecule is Cc1cn(CCC(=O)NC2CCN(Cc3ccccc3)CC2)c2ccccc12. The van der Waals surface area contributed by atoms with Crippen molar-refractivity contribution < 1.29 is 4.79 Å². The third-order valence-electron chi connectivity index (χ3n) is 5.77. The lowest BCUT2D eigenvalue weighted by atomic mass is 10.0. The van der Waals surface area contributed by atoms with Crippen molar-refractivity contribution >= 4 is 16.8 Å². The van der Waals surface area contributed by atoms with Gasteiger partial charge in [0, 0.05) is 55.7 Å². The molecule has 4 nitrogen and oxygen atoms in total. The number of benzene rings is 2. The number of carbonyl (C=O) groups excluding carboxylic acids is 1. The summed E-state index contributed by atoms with van der Waals surface area (Å²) in [5, 5.41) is 4.52. The van der Waals surface area contributed by atoms with Gasteiger partial charge in [0.15, 0.2) is 0 Å². The third-order valence-corrected chi connectivity index (χ3v) is 5.77. The van der Waals surface area contributed by atoms with E-state index in [2.05, 4.69) is 82.5 Å². The predicted molar refractivity (Wildman–Crippen MR) is 114 cm³/mol. The Kier molecular flexibility index (Phi) is 5.77. The van der Waals surface area contributed by atoms with Gasteiger partial charge in [-0.25, -0.2) is 0 Å². The Balaban J connectivity index is 1.23. The number of fused-ring (bicyclic) bond motifs is 1. The van der Waals surface area contributed by atoms with Crippen LogP contribution in [0.25, 0.3) is 10.9 Å². The summed E-state index contributed by atoms with van der Waals surface area (Å²) in [6.45, 7) is 5.94. The smallest absolute Gasteiger partial charge is 0.222 e. The van der Waals surface area contributed by atoms with E-state index in [-0.39, 0.29) is 5.91 Å². The van der Waals surface area contributed by atoms with Crippen molar-refractivity contribution in [3.63, 3.8) is 0 Å². The molecule has 0 radical (unpaired) electrons.